The number of ether oxygens (including phenoxy) is 1. The van der Waals surface area contributed by atoms with Crippen LogP contribution in [0.2, 0.25) is 0 Å². The first-order valence-corrected chi connectivity index (χ1v) is 6.29. The van der Waals surface area contributed by atoms with Gasteiger partial charge in [0.1, 0.15) is 22.9 Å². The Kier molecular flexibility index (Phi) is 4.01. The van der Waals surface area contributed by atoms with Crippen molar-refractivity contribution in [3.63, 3.8) is 0 Å². The summed E-state index contributed by atoms with van der Waals surface area (Å²) < 4.78 is 31.2. The summed E-state index contributed by atoms with van der Waals surface area (Å²) in [5, 5.41) is 12.4. The molecule has 102 valence electrons. The van der Waals surface area contributed by atoms with Crippen molar-refractivity contribution in [2.75, 3.05) is 6.61 Å². The van der Waals surface area contributed by atoms with Crippen molar-refractivity contribution in [1.29, 1.82) is 5.26 Å². The highest BCUT2D eigenvalue weighted by Gasteiger charge is 2.32. The van der Waals surface area contributed by atoms with Crippen molar-refractivity contribution >= 4 is 0 Å². The topological polar surface area (TPSA) is 45.0 Å². The lowest BCUT2D eigenvalue weighted by atomic mass is 10.0. The molecule has 1 atom stereocenters. The molecule has 1 aliphatic carbocycles. The standard InChI is InChI=1S/C14H16F2N2O/c1-14(9-17,18-12-2-3-12)4-5-19-13-7-10(15)6-11(16)8-13/h6-8,12,18H,2-5H2,1H3. The molecule has 0 aliphatic heterocycles. The maximum atomic E-state index is 13.0. The molecule has 1 saturated carbocycles. The molecule has 1 aromatic rings. The Hall–Kier alpha value is -1.67. The summed E-state index contributed by atoms with van der Waals surface area (Å²) in [6, 6.07) is 5.68. The van der Waals surface area contributed by atoms with Gasteiger partial charge < -0.3 is 4.74 Å². The highest BCUT2D eigenvalue weighted by atomic mass is 19.1. The van der Waals surface area contributed by atoms with Crippen LogP contribution in [0.3, 0.4) is 0 Å². The van der Waals surface area contributed by atoms with Crippen LogP contribution in [0.25, 0.3) is 0 Å². The van der Waals surface area contributed by atoms with E-state index >= 15 is 0 Å². The second kappa shape index (κ2) is 5.54. The van der Waals surface area contributed by atoms with Gasteiger partial charge in [0, 0.05) is 30.7 Å². The monoisotopic (exact) mass is 266 g/mol. The van der Waals surface area contributed by atoms with Gasteiger partial charge in [-0.3, -0.25) is 5.32 Å². The second-order valence-corrected chi connectivity index (χ2v) is 5.07. The van der Waals surface area contributed by atoms with Crippen molar-refractivity contribution in [1.82, 2.24) is 5.32 Å². The molecule has 1 aromatic carbocycles. The van der Waals surface area contributed by atoms with E-state index in [1.807, 2.05) is 0 Å². The SMILES string of the molecule is CC(C#N)(CCOc1cc(F)cc(F)c1)NC1CC1. The van der Waals surface area contributed by atoms with Gasteiger partial charge in [0.05, 0.1) is 12.7 Å². The summed E-state index contributed by atoms with van der Waals surface area (Å²) in [4.78, 5) is 0. The van der Waals surface area contributed by atoms with E-state index in [0.29, 0.717) is 12.5 Å². The van der Waals surface area contributed by atoms with Gasteiger partial charge >= 0.3 is 0 Å². The zero-order chi connectivity index (χ0) is 13.9. The van der Waals surface area contributed by atoms with Crippen LogP contribution in [0.4, 0.5) is 8.78 Å². The summed E-state index contributed by atoms with van der Waals surface area (Å²) in [6.45, 7) is 2.04. The minimum absolute atomic E-state index is 0.143. The quantitative estimate of drug-likeness (QED) is 0.861. The van der Waals surface area contributed by atoms with Gasteiger partial charge in [0.2, 0.25) is 0 Å². The number of hydrogen-bond acceptors (Lipinski definition) is 3. The van der Waals surface area contributed by atoms with E-state index in [0.717, 1.165) is 31.0 Å². The van der Waals surface area contributed by atoms with E-state index in [2.05, 4.69) is 11.4 Å². The largest absolute Gasteiger partial charge is 0.493 e. The Morgan fingerprint density at radius 3 is 2.53 bits per heavy atom. The van der Waals surface area contributed by atoms with E-state index in [1.165, 1.54) is 0 Å². The Labute approximate surface area is 111 Å². The number of hydrogen-bond donors (Lipinski definition) is 1. The molecule has 0 aromatic heterocycles. The lowest BCUT2D eigenvalue weighted by molar-refractivity contribution is 0.264. The van der Waals surface area contributed by atoms with E-state index in [9.17, 15) is 8.78 Å². The van der Waals surface area contributed by atoms with Crippen LogP contribution < -0.4 is 10.1 Å². The Balaban J connectivity index is 1.86. The first kappa shape index (κ1) is 13.8. The average molecular weight is 266 g/mol. The van der Waals surface area contributed by atoms with Gasteiger partial charge in [-0.1, -0.05) is 0 Å². The molecule has 1 aliphatic rings. The van der Waals surface area contributed by atoms with Crippen LogP contribution in [-0.4, -0.2) is 18.2 Å². The minimum Gasteiger partial charge on any atom is -0.493 e. The van der Waals surface area contributed by atoms with Crippen LogP contribution in [0, 0.1) is 23.0 Å². The van der Waals surface area contributed by atoms with Crippen LogP contribution >= 0.6 is 0 Å². The summed E-state index contributed by atoms with van der Waals surface area (Å²) in [5.74, 6) is -1.20. The van der Waals surface area contributed by atoms with Gasteiger partial charge in [0.25, 0.3) is 0 Å². The Bertz CT molecular complexity index is 476. The van der Waals surface area contributed by atoms with Crippen molar-refractivity contribution < 1.29 is 13.5 Å². The fourth-order valence-corrected chi connectivity index (χ4v) is 1.82. The maximum absolute atomic E-state index is 13.0. The zero-order valence-electron chi connectivity index (χ0n) is 10.7. The van der Waals surface area contributed by atoms with Crippen molar-refractivity contribution in [3.05, 3.63) is 29.8 Å². The lowest BCUT2D eigenvalue weighted by Gasteiger charge is -2.23. The third-order valence-electron chi connectivity index (χ3n) is 3.05. The summed E-state index contributed by atoms with van der Waals surface area (Å²) in [7, 11) is 0. The molecule has 0 bridgehead atoms. The van der Waals surface area contributed by atoms with Gasteiger partial charge in [0.15, 0.2) is 0 Å². The van der Waals surface area contributed by atoms with Crippen molar-refractivity contribution in [3.8, 4) is 11.8 Å². The molecule has 0 saturated heterocycles. The summed E-state index contributed by atoms with van der Waals surface area (Å²) in [5.41, 5.74) is -0.660. The number of halogens is 2. The van der Waals surface area contributed by atoms with Gasteiger partial charge in [-0.15, -0.1) is 0 Å². The van der Waals surface area contributed by atoms with E-state index in [1.54, 1.807) is 6.92 Å². The molecule has 0 radical (unpaired) electrons. The third kappa shape index (κ3) is 4.18. The Morgan fingerprint density at radius 1 is 1.37 bits per heavy atom. The molecule has 1 unspecified atom stereocenters. The predicted octanol–water partition coefficient (Wildman–Crippen LogP) is 2.77. The number of nitrogens with zero attached hydrogens (tertiary/aromatic N) is 1. The number of benzene rings is 1. The van der Waals surface area contributed by atoms with Crippen LogP contribution in [0.15, 0.2) is 18.2 Å². The van der Waals surface area contributed by atoms with Gasteiger partial charge in [-0.25, -0.2) is 8.78 Å². The molecular formula is C14H16F2N2O. The minimum atomic E-state index is -0.672. The first-order valence-electron chi connectivity index (χ1n) is 6.29. The van der Waals surface area contributed by atoms with Gasteiger partial charge in [-0.2, -0.15) is 5.26 Å². The first-order chi connectivity index (χ1) is 9.00. The van der Waals surface area contributed by atoms with Gasteiger partial charge in [-0.05, 0) is 19.8 Å². The molecule has 2 rings (SSSR count). The fourth-order valence-electron chi connectivity index (χ4n) is 1.82. The molecule has 19 heavy (non-hydrogen) atoms. The van der Waals surface area contributed by atoms with E-state index < -0.39 is 17.2 Å². The number of nitriles is 1. The Morgan fingerprint density at radius 2 is 2.00 bits per heavy atom. The molecule has 3 nitrogen and oxygen atoms in total. The molecule has 5 heteroatoms. The van der Waals surface area contributed by atoms with Crippen LogP contribution in [0.1, 0.15) is 26.2 Å². The molecule has 0 amide bonds. The molecular weight excluding hydrogens is 250 g/mol. The smallest absolute Gasteiger partial charge is 0.129 e. The third-order valence-corrected chi connectivity index (χ3v) is 3.05. The zero-order valence-corrected chi connectivity index (χ0v) is 10.7. The molecule has 1 N–H and O–H groups in total. The second-order valence-electron chi connectivity index (χ2n) is 5.07. The molecule has 0 spiro atoms. The average Bonchev–Trinajstić information content (AvgIpc) is 3.11. The summed E-state index contributed by atoms with van der Waals surface area (Å²) >= 11 is 0. The normalized spacial score (nSPS) is 17.6. The number of nitrogens with one attached hydrogen (secondary N) is 1. The van der Waals surface area contributed by atoms with Crippen molar-refractivity contribution in [2.24, 2.45) is 0 Å². The molecule has 0 heterocycles. The van der Waals surface area contributed by atoms with E-state index in [4.69, 9.17) is 10.00 Å². The number of rotatable bonds is 6. The van der Waals surface area contributed by atoms with E-state index in [-0.39, 0.29) is 12.4 Å². The highest BCUT2D eigenvalue weighted by Crippen LogP contribution is 2.24. The summed E-state index contributed by atoms with van der Waals surface area (Å²) in [6.07, 6.45) is 2.64. The predicted molar refractivity (Wildman–Crippen MR) is 66.6 cm³/mol. The van der Waals surface area contributed by atoms with Crippen LogP contribution in [-0.2, 0) is 0 Å². The lowest BCUT2D eigenvalue weighted by Crippen LogP contribution is -2.43. The fraction of sp³-hybridized carbons (Fsp3) is 0.500. The maximum Gasteiger partial charge on any atom is 0.129 e. The highest BCUT2D eigenvalue weighted by molar-refractivity contribution is 5.23. The van der Waals surface area contributed by atoms with Crippen molar-refractivity contribution in [2.45, 2.75) is 37.8 Å². The molecule has 1 fully saturated rings. The van der Waals surface area contributed by atoms with Crippen LogP contribution in [0.5, 0.6) is 5.75 Å².